The normalized spacial score (nSPS) is 32.7. The van der Waals surface area contributed by atoms with Crippen LogP contribution >= 0.6 is 0 Å². The minimum atomic E-state index is 0.0371. The first-order valence-electron chi connectivity index (χ1n) is 9.60. The molecule has 0 heterocycles. The molecule has 4 aliphatic carbocycles. The molecule has 4 aliphatic rings. The number of rotatable bonds is 4. The van der Waals surface area contributed by atoms with Crippen molar-refractivity contribution in [3.63, 3.8) is 0 Å². The van der Waals surface area contributed by atoms with E-state index in [0.717, 1.165) is 28.9 Å². The first-order valence-corrected chi connectivity index (χ1v) is 9.60. The molecule has 1 N–H and O–H groups in total. The van der Waals surface area contributed by atoms with Gasteiger partial charge in [0.2, 0.25) is 0 Å². The molecule has 25 heavy (non-hydrogen) atoms. The summed E-state index contributed by atoms with van der Waals surface area (Å²) in [5.41, 5.74) is 0.0680. The highest BCUT2D eigenvalue weighted by atomic mass is 16.5. The number of hydrogen-bond donors (Lipinski definition) is 1. The molecule has 2 aromatic carbocycles. The molecule has 3 heteroatoms. The van der Waals surface area contributed by atoms with Gasteiger partial charge < -0.3 is 10.1 Å². The molecule has 0 radical (unpaired) electrons. The smallest absolute Gasteiger partial charge is 0.258 e. The van der Waals surface area contributed by atoms with Crippen LogP contribution in [0.1, 0.15) is 38.5 Å². The standard InChI is InChI=1S/C22H25NO2/c24-21(14-25-20-6-5-18-3-1-2-4-19(18)10-20)23-22-11-15-7-16(12-22)9-17(8-15)13-22/h1-6,10,15-17H,7-9,11-14H2,(H,23,24). The van der Waals surface area contributed by atoms with Crippen molar-refractivity contribution in [2.24, 2.45) is 17.8 Å². The summed E-state index contributed by atoms with van der Waals surface area (Å²) in [7, 11) is 0. The fourth-order valence-electron chi connectivity index (χ4n) is 6.00. The third kappa shape index (κ3) is 2.90. The number of hydrogen-bond acceptors (Lipinski definition) is 2. The maximum absolute atomic E-state index is 12.5. The Bertz CT molecular complexity index is 777. The average molecular weight is 335 g/mol. The summed E-state index contributed by atoms with van der Waals surface area (Å²) in [5.74, 6) is 3.32. The van der Waals surface area contributed by atoms with Gasteiger partial charge >= 0.3 is 0 Å². The summed E-state index contributed by atoms with van der Waals surface area (Å²) in [4.78, 5) is 12.5. The summed E-state index contributed by atoms with van der Waals surface area (Å²) in [6.07, 6.45) is 7.72. The Kier molecular flexibility index (Phi) is 3.51. The van der Waals surface area contributed by atoms with Crippen molar-refractivity contribution in [1.82, 2.24) is 5.32 Å². The topological polar surface area (TPSA) is 38.3 Å². The molecule has 2 aromatic rings. The van der Waals surface area contributed by atoms with E-state index >= 15 is 0 Å². The molecular weight excluding hydrogens is 310 g/mol. The van der Waals surface area contributed by atoms with Crippen molar-refractivity contribution in [1.29, 1.82) is 0 Å². The lowest BCUT2D eigenvalue weighted by molar-refractivity contribution is -0.128. The van der Waals surface area contributed by atoms with E-state index in [1.54, 1.807) is 0 Å². The van der Waals surface area contributed by atoms with E-state index in [1.165, 1.54) is 43.9 Å². The van der Waals surface area contributed by atoms with Crippen LogP contribution in [0.25, 0.3) is 10.8 Å². The predicted molar refractivity (Wildman–Crippen MR) is 98.5 cm³/mol. The fourth-order valence-corrected chi connectivity index (χ4v) is 6.00. The molecule has 0 unspecified atom stereocenters. The second kappa shape index (κ2) is 5.76. The Labute approximate surface area is 148 Å². The Morgan fingerprint density at radius 2 is 1.60 bits per heavy atom. The van der Waals surface area contributed by atoms with Crippen LogP contribution in [0.15, 0.2) is 42.5 Å². The second-order valence-electron chi connectivity index (χ2n) is 8.54. The highest BCUT2D eigenvalue weighted by molar-refractivity contribution is 5.84. The summed E-state index contributed by atoms with van der Waals surface area (Å²) >= 11 is 0. The highest BCUT2D eigenvalue weighted by Crippen LogP contribution is 2.55. The van der Waals surface area contributed by atoms with E-state index in [1.807, 2.05) is 30.3 Å². The van der Waals surface area contributed by atoms with E-state index in [0.29, 0.717) is 0 Å². The van der Waals surface area contributed by atoms with Gasteiger partial charge in [-0.3, -0.25) is 4.79 Å². The summed E-state index contributed by atoms with van der Waals surface area (Å²) in [5, 5.41) is 5.70. The van der Waals surface area contributed by atoms with Crippen molar-refractivity contribution in [2.75, 3.05) is 6.61 Å². The second-order valence-corrected chi connectivity index (χ2v) is 8.54. The number of amides is 1. The third-order valence-electron chi connectivity index (χ3n) is 6.53. The number of carbonyl (C=O) groups excluding carboxylic acids is 1. The summed E-state index contributed by atoms with van der Waals surface area (Å²) in [6.45, 7) is 0.111. The lowest BCUT2D eigenvalue weighted by Gasteiger charge is -2.56. The Morgan fingerprint density at radius 3 is 2.28 bits per heavy atom. The van der Waals surface area contributed by atoms with Gasteiger partial charge in [-0.1, -0.05) is 30.3 Å². The molecule has 4 saturated carbocycles. The van der Waals surface area contributed by atoms with Gasteiger partial charge in [-0.05, 0) is 79.2 Å². The number of benzene rings is 2. The molecule has 0 aliphatic heterocycles. The quantitative estimate of drug-likeness (QED) is 0.904. The van der Waals surface area contributed by atoms with Crippen LogP contribution in [0, 0.1) is 17.8 Å². The molecule has 0 aromatic heterocycles. The Hall–Kier alpha value is -2.03. The van der Waals surface area contributed by atoms with Gasteiger partial charge in [-0.25, -0.2) is 0 Å². The Morgan fingerprint density at radius 1 is 0.960 bits per heavy atom. The first kappa shape index (κ1) is 15.2. The van der Waals surface area contributed by atoms with Crippen LogP contribution in [0.3, 0.4) is 0 Å². The zero-order valence-electron chi connectivity index (χ0n) is 14.5. The van der Waals surface area contributed by atoms with Crippen molar-refractivity contribution >= 4 is 16.7 Å². The molecule has 3 nitrogen and oxygen atoms in total. The average Bonchev–Trinajstić information content (AvgIpc) is 2.58. The van der Waals surface area contributed by atoms with Gasteiger partial charge in [0.25, 0.3) is 5.91 Å². The lowest BCUT2D eigenvalue weighted by atomic mass is 9.53. The van der Waals surface area contributed by atoms with Gasteiger partial charge in [-0.2, -0.15) is 0 Å². The van der Waals surface area contributed by atoms with E-state index in [-0.39, 0.29) is 18.1 Å². The molecule has 1 amide bonds. The van der Waals surface area contributed by atoms with Crippen LogP contribution in [0.4, 0.5) is 0 Å². The van der Waals surface area contributed by atoms with Crippen LogP contribution < -0.4 is 10.1 Å². The third-order valence-corrected chi connectivity index (χ3v) is 6.53. The molecule has 4 fully saturated rings. The number of ether oxygens (including phenoxy) is 1. The van der Waals surface area contributed by atoms with Crippen molar-refractivity contribution in [3.8, 4) is 5.75 Å². The largest absolute Gasteiger partial charge is 0.484 e. The molecular formula is C22H25NO2. The van der Waals surface area contributed by atoms with Gasteiger partial charge in [0, 0.05) is 5.54 Å². The lowest BCUT2D eigenvalue weighted by Crippen LogP contribution is -2.60. The van der Waals surface area contributed by atoms with Crippen LogP contribution in [-0.4, -0.2) is 18.1 Å². The van der Waals surface area contributed by atoms with E-state index < -0.39 is 0 Å². The molecule has 0 atom stereocenters. The molecule has 6 rings (SSSR count). The molecule has 0 saturated heterocycles. The van der Waals surface area contributed by atoms with E-state index in [4.69, 9.17) is 4.74 Å². The summed E-state index contributed by atoms with van der Waals surface area (Å²) < 4.78 is 5.78. The fraction of sp³-hybridized carbons (Fsp3) is 0.500. The van der Waals surface area contributed by atoms with Gasteiger partial charge in [0.15, 0.2) is 6.61 Å². The zero-order valence-corrected chi connectivity index (χ0v) is 14.5. The maximum Gasteiger partial charge on any atom is 0.258 e. The SMILES string of the molecule is O=C(COc1ccc2ccccc2c1)NC12CC3CC(CC(C3)C1)C2. The van der Waals surface area contributed by atoms with Crippen molar-refractivity contribution in [2.45, 2.75) is 44.1 Å². The minimum Gasteiger partial charge on any atom is -0.484 e. The van der Waals surface area contributed by atoms with Crippen molar-refractivity contribution in [3.05, 3.63) is 42.5 Å². The maximum atomic E-state index is 12.5. The highest BCUT2D eigenvalue weighted by Gasteiger charge is 2.51. The van der Waals surface area contributed by atoms with Crippen LogP contribution in [0.2, 0.25) is 0 Å². The number of carbonyl (C=O) groups is 1. The number of nitrogens with one attached hydrogen (secondary N) is 1. The molecule has 0 spiro atoms. The van der Waals surface area contributed by atoms with Gasteiger partial charge in [0.1, 0.15) is 5.75 Å². The summed E-state index contributed by atoms with van der Waals surface area (Å²) in [6, 6.07) is 14.2. The van der Waals surface area contributed by atoms with E-state index in [2.05, 4.69) is 17.4 Å². The monoisotopic (exact) mass is 335 g/mol. The van der Waals surface area contributed by atoms with E-state index in [9.17, 15) is 4.79 Å². The minimum absolute atomic E-state index is 0.0371. The van der Waals surface area contributed by atoms with Gasteiger partial charge in [-0.15, -0.1) is 0 Å². The van der Waals surface area contributed by atoms with Gasteiger partial charge in [0.05, 0.1) is 0 Å². The molecule has 4 bridgehead atoms. The van der Waals surface area contributed by atoms with Crippen molar-refractivity contribution < 1.29 is 9.53 Å². The van der Waals surface area contributed by atoms with Crippen LogP contribution in [-0.2, 0) is 4.79 Å². The molecule has 130 valence electrons. The predicted octanol–water partition coefficient (Wildman–Crippen LogP) is 4.30. The Balaban J connectivity index is 1.23. The first-order chi connectivity index (χ1) is 12.2. The zero-order chi connectivity index (χ0) is 16.9. The van der Waals surface area contributed by atoms with Crippen LogP contribution in [0.5, 0.6) is 5.75 Å². The number of fused-ring (bicyclic) bond motifs is 1.